The highest BCUT2D eigenvalue weighted by Gasteiger charge is 2.14. The molecule has 0 saturated carbocycles. The van der Waals surface area contributed by atoms with Crippen LogP contribution in [0.5, 0.6) is 0 Å². The number of thioether (sulfide) groups is 2. The van der Waals surface area contributed by atoms with Gasteiger partial charge in [0.05, 0.1) is 11.5 Å². The summed E-state index contributed by atoms with van der Waals surface area (Å²) in [6.45, 7) is 6.61. The first kappa shape index (κ1) is 22.9. The molecule has 30 heavy (non-hydrogen) atoms. The molecule has 0 spiro atoms. The van der Waals surface area contributed by atoms with Gasteiger partial charge in [-0.05, 0) is 45.0 Å². The lowest BCUT2D eigenvalue weighted by Crippen LogP contribution is -2.14. The molecule has 0 aliphatic heterocycles. The Hall–Kier alpha value is -1.81. The van der Waals surface area contributed by atoms with Gasteiger partial charge in [0.15, 0.2) is 10.3 Å². The van der Waals surface area contributed by atoms with Gasteiger partial charge in [0.1, 0.15) is 5.82 Å². The Morgan fingerprint density at radius 3 is 2.33 bits per heavy atom. The molecule has 0 bridgehead atoms. The van der Waals surface area contributed by atoms with Gasteiger partial charge < -0.3 is 9.88 Å². The van der Waals surface area contributed by atoms with Crippen LogP contribution in [0, 0.1) is 13.8 Å². The van der Waals surface area contributed by atoms with Gasteiger partial charge in [-0.3, -0.25) is 4.79 Å². The summed E-state index contributed by atoms with van der Waals surface area (Å²) in [6.07, 6.45) is 0. The summed E-state index contributed by atoms with van der Waals surface area (Å²) in [5, 5.41) is 13.6. The number of amides is 1. The van der Waals surface area contributed by atoms with Crippen LogP contribution in [0.4, 0.5) is 5.69 Å². The summed E-state index contributed by atoms with van der Waals surface area (Å²) in [7, 11) is 0. The molecule has 0 aliphatic carbocycles. The standard InChI is InChI=1S/C19H20Cl2N6OS2/c1-4-27-16(9-29-18-22-11(2)5-12(3)23-18)25-26-19(27)30-10-17(28)24-15-7-13(20)6-14(21)8-15/h5-8H,4,9-10H2,1-3H3,(H,24,28). The Balaban J connectivity index is 1.60. The molecule has 1 N–H and O–H groups in total. The first-order valence-corrected chi connectivity index (χ1v) is 11.8. The smallest absolute Gasteiger partial charge is 0.234 e. The molecule has 0 aliphatic rings. The Kier molecular flexibility index (Phi) is 7.99. The normalized spacial score (nSPS) is 11.0. The highest BCUT2D eigenvalue weighted by atomic mass is 35.5. The van der Waals surface area contributed by atoms with E-state index in [0.29, 0.717) is 38.3 Å². The van der Waals surface area contributed by atoms with Crippen LogP contribution in [0.15, 0.2) is 34.6 Å². The number of aryl methyl sites for hydroxylation is 2. The van der Waals surface area contributed by atoms with E-state index >= 15 is 0 Å². The second-order valence-corrected chi connectivity index (χ2v) is 9.12. The molecule has 0 radical (unpaired) electrons. The summed E-state index contributed by atoms with van der Waals surface area (Å²) in [5.74, 6) is 1.42. The van der Waals surface area contributed by atoms with Gasteiger partial charge in [-0.1, -0.05) is 46.7 Å². The highest BCUT2D eigenvalue weighted by molar-refractivity contribution is 7.99. The lowest BCUT2D eigenvalue weighted by molar-refractivity contribution is -0.113. The third kappa shape index (κ3) is 6.34. The summed E-state index contributed by atoms with van der Waals surface area (Å²) in [4.78, 5) is 21.2. The number of benzene rings is 1. The maximum atomic E-state index is 12.3. The molecule has 3 rings (SSSR count). The van der Waals surface area contributed by atoms with Crippen LogP contribution in [-0.2, 0) is 17.1 Å². The molecule has 3 aromatic rings. The van der Waals surface area contributed by atoms with Crippen molar-refractivity contribution in [3.63, 3.8) is 0 Å². The van der Waals surface area contributed by atoms with Gasteiger partial charge in [-0.25, -0.2) is 9.97 Å². The average Bonchev–Trinajstić information content (AvgIpc) is 3.05. The minimum absolute atomic E-state index is 0.177. The van der Waals surface area contributed by atoms with Crippen molar-refractivity contribution in [3.8, 4) is 0 Å². The van der Waals surface area contributed by atoms with Crippen molar-refractivity contribution < 1.29 is 4.79 Å². The second-order valence-electron chi connectivity index (χ2n) is 6.36. The SMILES string of the molecule is CCn1c(CSc2nc(C)cc(C)n2)nnc1SCC(=O)Nc1cc(Cl)cc(Cl)c1. The van der Waals surface area contributed by atoms with Crippen molar-refractivity contribution in [1.82, 2.24) is 24.7 Å². The molecular weight excluding hydrogens is 463 g/mol. The Morgan fingerprint density at radius 2 is 1.70 bits per heavy atom. The second kappa shape index (κ2) is 10.5. The van der Waals surface area contributed by atoms with Crippen LogP contribution >= 0.6 is 46.7 Å². The van der Waals surface area contributed by atoms with Gasteiger partial charge >= 0.3 is 0 Å². The number of nitrogens with zero attached hydrogens (tertiary/aromatic N) is 5. The quantitative estimate of drug-likeness (QED) is 0.355. The molecule has 11 heteroatoms. The van der Waals surface area contributed by atoms with E-state index in [1.54, 1.807) is 18.2 Å². The first-order chi connectivity index (χ1) is 14.3. The van der Waals surface area contributed by atoms with Gasteiger partial charge in [-0.15, -0.1) is 10.2 Å². The predicted molar refractivity (Wildman–Crippen MR) is 123 cm³/mol. The zero-order valence-corrected chi connectivity index (χ0v) is 19.8. The van der Waals surface area contributed by atoms with Crippen molar-refractivity contribution in [3.05, 3.63) is 51.5 Å². The fraction of sp³-hybridized carbons (Fsp3) is 0.316. The number of hydrogen-bond donors (Lipinski definition) is 1. The number of rotatable bonds is 8. The van der Waals surface area contributed by atoms with Crippen molar-refractivity contribution in [1.29, 1.82) is 0 Å². The van der Waals surface area contributed by atoms with Crippen LogP contribution in [0.25, 0.3) is 0 Å². The molecule has 7 nitrogen and oxygen atoms in total. The molecule has 0 unspecified atom stereocenters. The highest BCUT2D eigenvalue weighted by Crippen LogP contribution is 2.25. The zero-order chi connectivity index (χ0) is 21.7. The third-order valence-electron chi connectivity index (χ3n) is 3.88. The van der Waals surface area contributed by atoms with E-state index in [1.807, 2.05) is 31.4 Å². The fourth-order valence-electron chi connectivity index (χ4n) is 2.69. The van der Waals surface area contributed by atoms with Crippen LogP contribution in [0.1, 0.15) is 24.1 Å². The van der Waals surface area contributed by atoms with Crippen LogP contribution in [-0.4, -0.2) is 36.4 Å². The largest absolute Gasteiger partial charge is 0.325 e. The Bertz CT molecular complexity index is 1020. The minimum atomic E-state index is -0.177. The fourth-order valence-corrected chi connectivity index (χ4v) is 4.93. The van der Waals surface area contributed by atoms with E-state index in [4.69, 9.17) is 23.2 Å². The predicted octanol–water partition coefficient (Wildman–Crippen LogP) is 5.03. The lowest BCUT2D eigenvalue weighted by Gasteiger charge is -2.08. The number of hydrogen-bond acceptors (Lipinski definition) is 7. The van der Waals surface area contributed by atoms with Crippen molar-refractivity contribution in [2.24, 2.45) is 0 Å². The lowest BCUT2D eigenvalue weighted by atomic mass is 10.3. The maximum Gasteiger partial charge on any atom is 0.234 e. The van der Waals surface area contributed by atoms with Crippen molar-refractivity contribution in [2.75, 3.05) is 11.1 Å². The summed E-state index contributed by atoms with van der Waals surface area (Å²) >= 11 is 14.8. The molecule has 1 amide bonds. The summed E-state index contributed by atoms with van der Waals surface area (Å²) < 4.78 is 1.99. The van der Waals surface area contributed by atoms with Gasteiger partial charge in [0.2, 0.25) is 5.91 Å². The molecule has 2 aromatic heterocycles. The maximum absolute atomic E-state index is 12.3. The minimum Gasteiger partial charge on any atom is -0.325 e. The molecule has 2 heterocycles. The van der Waals surface area contributed by atoms with E-state index in [-0.39, 0.29) is 11.7 Å². The van der Waals surface area contributed by atoms with E-state index in [1.165, 1.54) is 23.5 Å². The van der Waals surface area contributed by atoms with Crippen LogP contribution in [0.3, 0.4) is 0 Å². The molecule has 158 valence electrons. The van der Waals surface area contributed by atoms with E-state index in [2.05, 4.69) is 25.5 Å². The molecule has 0 saturated heterocycles. The van der Waals surface area contributed by atoms with Crippen molar-refractivity contribution in [2.45, 2.75) is 43.4 Å². The van der Waals surface area contributed by atoms with Gasteiger partial charge in [-0.2, -0.15) is 0 Å². The number of carbonyl (C=O) groups is 1. The van der Waals surface area contributed by atoms with Gasteiger partial charge in [0, 0.05) is 33.7 Å². The third-order valence-corrected chi connectivity index (χ3v) is 6.13. The zero-order valence-electron chi connectivity index (χ0n) is 16.6. The van der Waals surface area contributed by atoms with E-state index in [0.717, 1.165) is 17.2 Å². The van der Waals surface area contributed by atoms with Crippen LogP contribution in [0.2, 0.25) is 10.0 Å². The molecular formula is C19H20Cl2N6OS2. The number of aromatic nitrogens is 5. The summed E-state index contributed by atoms with van der Waals surface area (Å²) in [5.41, 5.74) is 2.43. The van der Waals surface area contributed by atoms with Crippen LogP contribution < -0.4 is 5.32 Å². The van der Waals surface area contributed by atoms with Gasteiger partial charge in [0.25, 0.3) is 0 Å². The number of nitrogens with one attached hydrogen (secondary N) is 1. The number of anilines is 1. The first-order valence-electron chi connectivity index (χ1n) is 9.10. The Morgan fingerprint density at radius 1 is 1.03 bits per heavy atom. The topological polar surface area (TPSA) is 85.6 Å². The average molecular weight is 483 g/mol. The molecule has 1 aromatic carbocycles. The van der Waals surface area contributed by atoms with E-state index < -0.39 is 0 Å². The monoisotopic (exact) mass is 482 g/mol. The summed E-state index contributed by atoms with van der Waals surface area (Å²) in [6, 6.07) is 6.85. The number of carbonyl (C=O) groups excluding carboxylic acids is 1. The molecule has 0 atom stereocenters. The molecule has 0 fully saturated rings. The van der Waals surface area contributed by atoms with Crippen molar-refractivity contribution >= 4 is 58.3 Å². The van der Waals surface area contributed by atoms with E-state index in [9.17, 15) is 4.79 Å². The number of halogens is 2. The Labute approximate surface area is 193 Å².